The number of nitrogens with zero attached hydrogens (tertiary/aromatic N) is 4. The van der Waals surface area contributed by atoms with Crippen LogP contribution in [-0.4, -0.2) is 62.6 Å². The number of rotatable bonds is 4. The molecule has 1 N–H and O–H groups in total. The van der Waals surface area contributed by atoms with Gasteiger partial charge in [-0.3, -0.25) is 9.69 Å². The fourth-order valence-corrected chi connectivity index (χ4v) is 3.65. The van der Waals surface area contributed by atoms with E-state index in [-0.39, 0.29) is 12.5 Å². The average Bonchev–Trinajstić information content (AvgIpc) is 2.98. The minimum absolute atomic E-state index is 0.0127. The third-order valence-corrected chi connectivity index (χ3v) is 5.02. The molecule has 1 fully saturated rings. The minimum Gasteiger partial charge on any atom is -0.390 e. The van der Waals surface area contributed by atoms with Crippen molar-refractivity contribution < 1.29 is 9.90 Å². The highest BCUT2D eigenvalue weighted by Gasteiger charge is 2.24. The zero-order valence-electron chi connectivity index (χ0n) is 15.2. The summed E-state index contributed by atoms with van der Waals surface area (Å²) in [6.07, 6.45) is 1.16. The van der Waals surface area contributed by atoms with Gasteiger partial charge in [-0.15, -0.1) is 0 Å². The smallest absolute Gasteiger partial charge is 0.242 e. The van der Waals surface area contributed by atoms with E-state index < -0.39 is 6.10 Å². The zero-order valence-corrected chi connectivity index (χ0v) is 15.2. The van der Waals surface area contributed by atoms with Crippen LogP contribution in [0.4, 0.5) is 0 Å². The molecule has 1 aliphatic heterocycles. The van der Waals surface area contributed by atoms with Crippen LogP contribution in [0.3, 0.4) is 0 Å². The topological polar surface area (TPSA) is 61.6 Å². The molecule has 3 aromatic rings. The highest BCUT2D eigenvalue weighted by atomic mass is 16.3. The van der Waals surface area contributed by atoms with E-state index in [1.165, 1.54) is 5.56 Å². The number of β-amino-alcohol motifs (C(OH)–C–C–N with tert-alkyl or cyclic N) is 1. The molecule has 0 aliphatic carbocycles. The lowest BCUT2D eigenvalue weighted by atomic mass is 10.2. The number of hydrogen-bond acceptors (Lipinski definition) is 4. The first kappa shape index (κ1) is 17.7. The number of benzene rings is 2. The van der Waals surface area contributed by atoms with Crippen molar-refractivity contribution in [1.29, 1.82) is 0 Å². The Kier molecular flexibility index (Phi) is 5.18. The predicted molar refractivity (Wildman–Crippen MR) is 104 cm³/mol. The Morgan fingerprint density at radius 3 is 2.67 bits per heavy atom. The lowest BCUT2D eigenvalue weighted by molar-refractivity contribution is -0.132. The lowest BCUT2D eigenvalue weighted by Crippen LogP contribution is -2.39. The Hall–Kier alpha value is -2.70. The van der Waals surface area contributed by atoms with E-state index in [0.717, 1.165) is 24.1 Å². The molecule has 2 heterocycles. The average molecular weight is 364 g/mol. The first-order chi connectivity index (χ1) is 13.2. The van der Waals surface area contributed by atoms with Crippen molar-refractivity contribution in [3.63, 3.8) is 0 Å². The van der Waals surface area contributed by atoms with E-state index in [9.17, 15) is 9.90 Å². The molecule has 0 unspecified atom stereocenters. The molecule has 6 heteroatoms. The number of para-hydroxylation sites is 2. The van der Waals surface area contributed by atoms with Gasteiger partial charge in [0.15, 0.2) is 0 Å². The molecule has 1 aliphatic rings. The van der Waals surface area contributed by atoms with Gasteiger partial charge in [0.1, 0.15) is 6.54 Å². The molecule has 6 nitrogen and oxygen atoms in total. The molecule has 1 atom stereocenters. The van der Waals surface area contributed by atoms with E-state index in [1.54, 1.807) is 11.2 Å². The molecule has 1 saturated heterocycles. The summed E-state index contributed by atoms with van der Waals surface area (Å²) in [5.41, 5.74) is 3.05. The number of carbonyl (C=O) groups excluding carboxylic acids is 1. The highest BCUT2D eigenvalue weighted by Crippen LogP contribution is 2.14. The summed E-state index contributed by atoms with van der Waals surface area (Å²) in [5, 5.41) is 10.4. The van der Waals surface area contributed by atoms with Gasteiger partial charge in [0, 0.05) is 32.7 Å². The summed E-state index contributed by atoms with van der Waals surface area (Å²) in [5.74, 6) is 0.0127. The van der Waals surface area contributed by atoms with E-state index in [4.69, 9.17) is 0 Å². The summed E-state index contributed by atoms with van der Waals surface area (Å²) < 4.78 is 1.87. The Balaban J connectivity index is 1.41. The maximum Gasteiger partial charge on any atom is 0.242 e. The van der Waals surface area contributed by atoms with Crippen molar-refractivity contribution in [2.45, 2.75) is 19.2 Å². The number of amides is 1. The third kappa shape index (κ3) is 4.18. The fraction of sp³-hybridized carbons (Fsp3) is 0.333. The number of fused-ring (bicyclic) bond motifs is 1. The quantitative estimate of drug-likeness (QED) is 0.766. The van der Waals surface area contributed by atoms with Crippen LogP contribution in [0, 0.1) is 0 Å². The molecule has 0 radical (unpaired) electrons. The monoisotopic (exact) mass is 364 g/mol. The van der Waals surface area contributed by atoms with Crippen molar-refractivity contribution in [2.24, 2.45) is 0 Å². The SMILES string of the molecule is O=C(Cn1cnc2ccccc21)N1CCN(Cc2ccccc2)C[C@@H](O)C1. The number of aliphatic hydroxyl groups is 1. The van der Waals surface area contributed by atoms with E-state index in [0.29, 0.717) is 19.6 Å². The minimum atomic E-state index is -0.542. The molecular weight excluding hydrogens is 340 g/mol. The first-order valence-corrected chi connectivity index (χ1v) is 9.31. The molecular formula is C21H24N4O2. The molecule has 2 aromatic carbocycles. The second kappa shape index (κ2) is 7.90. The number of aliphatic hydroxyl groups excluding tert-OH is 1. The van der Waals surface area contributed by atoms with Crippen molar-refractivity contribution in [1.82, 2.24) is 19.4 Å². The molecule has 27 heavy (non-hydrogen) atoms. The van der Waals surface area contributed by atoms with Gasteiger partial charge in [0.25, 0.3) is 0 Å². The van der Waals surface area contributed by atoms with Crippen molar-refractivity contribution in [3.05, 3.63) is 66.5 Å². The van der Waals surface area contributed by atoms with Crippen LogP contribution in [0.25, 0.3) is 11.0 Å². The summed E-state index contributed by atoms with van der Waals surface area (Å²) in [6.45, 7) is 3.35. The van der Waals surface area contributed by atoms with Gasteiger partial charge in [-0.1, -0.05) is 42.5 Å². The lowest BCUT2D eigenvalue weighted by Gasteiger charge is -2.22. The number of carbonyl (C=O) groups is 1. The van der Waals surface area contributed by atoms with Crippen LogP contribution in [0.2, 0.25) is 0 Å². The Labute approximate surface area is 158 Å². The van der Waals surface area contributed by atoms with Crippen LogP contribution in [0.1, 0.15) is 5.56 Å². The standard InChI is InChI=1S/C21H24N4O2/c26-18-13-23(12-17-6-2-1-3-7-17)10-11-24(14-18)21(27)15-25-16-22-19-8-4-5-9-20(19)25/h1-9,16,18,26H,10-15H2/t18-/m1/s1. The predicted octanol–water partition coefficient (Wildman–Crippen LogP) is 1.74. The van der Waals surface area contributed by atoms with E-state index >= 15 is 0 Å². The largest absolute Gasteiger partial charge is 0.390 e. The van der Waals surface area contributed by atoms with Crippen LogP contribution in [0.15, 0.2) is 60.9 Å². The summed E-state index contributed by atoms with van der Waals surface area (Å²) in [6, 6.07) is 18.0. The zero-order chi connectivity index (χ0) is 18.6. The van der Waals surface area contributed by atoms with Gasteiger partial charge in [-0.2, -0.15) is 0 Å². The Morgan fingerprint density at radius 1 is 1.04 bits per heavy atom. The highest BCUT2D eigenvalue weighted by molar-refractivity contribution is 5.80. The second-order valence-corrected chi connectivity index (χ2v) is 7.08. The Morgan fingerprint density at radius 2 is 1.81 bits per heavy atom. The van der Waals surface area contributed by atoms with Crippen LogP contribution >= 0.6 is 0 Å². The Bertz CT molecular complexity index is 909. The van der Waals surface area contributed by atoms with Crippen LogP contribution in [-0.2, 0) is 17.9 Å². The summed E-state index contributed by atoms with van der Waals surface area (Å²) >= 11 is 0. The van der Waals surface area contributed by atoms with Crippen LogP contribution in [0.5, 0.6) is 0 Å². The van der Waals surface area contributed by atoms with Gasteiger partial charge in [0.05, 0.1) is 23.5 Å². The van der Waals surface area contributed by atoms with Gasteiger partial charge in [-0.25, -0.2) is 4.98 Å². The number of aromatic nitrogens is 2. The van der Waals surface area contributed by atoms with Crippen molar-refractivity contribution >= 4 is 16.9 Å². The van der Waals surface area contributed by atoms with Crippen LogP contribution < -0.4 is 0 Å². The van der Waals surface area contributed by atoms with Gasteiger partial charge >= 0.3 is 0 Å². The van der Waals surface area contributed by atoms with Gasteiger partial charge < -0.3 is 14.6 Å². The molecule has 140 valence electrons. The van der Waals surface area contributed by atoms with E-state index in [1.807, 2.05) is 47.0 Å². The summed E-state index contributed by atoms with van der Waals surface area (Å²) in [7, 11) is 0. The van der Waals surface area contributed by atoms with Crippen molar-refractivity contribution in [3.8, 4) is 0 Å². The van der Waals surface area contributed by atoms with E-state index in [2.05, 4.69) is 22.0 Å². The molecule has 0 saturated carbocycles. The normalized spacial score (nSPS) is 18.6. The maximum absolute atomic E-state index is 12.8. The molecule has 1 aromatic heterocycles. The molecule has 4 rings (SSSR count). The van der Waals surface area contributed by atoms with Crippen molar-refractivity contribution in [2.75, 3.05) is 26.2 Å². The second-order valence-electron chi connectivity index (χ2n) is 7.08. The maximum atomic E-state index is 12.8. The summed E-state index contributed by atoms with van der Waals surface area (Å²) in [4.78, 5) is 21.1. The molecule has 1 amide bonds. The third-order valence-electron chi connectivity index (χ3n) is 5.02. The van der Waals surface area contributed by atoms with Gasteiger partial charge in [-0.05, 0) is 17.7 Å². The number of imidazole rings is 1. The fourth-order valence-electron chi connectivity index (χ4n) is 3.65. The molecule has 0 bridgehead atoms. The first-order valence-electron chi connectivity index (χ1n) is 9.31. The number of hydrogen-bond donors (Lipinski definition) is 1. The molecule has 0 spiro atoms. The van der Waals surface area contributed by atoms with Gasteiger partial charge in [0.2, 0.25) is 5.91 Å².